The van der Waals surface area contributed by atoms with Crippen LogP contribution in [0.3, 0.4) is 0 Å². The van der Waals surface area contributed by atoms with Crippen molar-refractivity contribution in [2.75, 3.05) is 32.7 Å². The van der Waals surface area contributed by atoms with E-state index in [0.717, 1.165) is 56.3 Å². The second-order valence-corrected chi connectivity index (χ2v) is 7.49. The number of carbonyl (C=O) groups excluding carboxylic acids is 1. The first-order valence-electron chi connectivity index (χ1n) is 9.36. The van der Waals surface area contributed by atoms with Gasteiger partial charge in [0.1, 0.15) is 0 Å². The predicted molar refractivity (Wildman–Crippen MR) is 95.3 cm³/mol. The van der Waals surface area contributed by atoms with Gasteiger partial charge in [0, 0.05) is 50.7 Å². The van der Waals surface area contributed by atoms with Gasteiger partial charge < -0.3 is 14.6 Å². The summed E-state index contributed by atoms with van der Waals surface area (Å²) in [4.78, 5) is 17.1. The smallest absolute Gasteiger partial charge is 0.255 e. The second-order valence-electron chi connectivity index (χ2n) is 7.49. The lowest BCUT2D eigenvalue weighted by Crippen LogP contribution is -2.50. The van der Waals surface area contributed by atoms with Gasteiger partial charge in [0.2, 0.25) is 0 Å². The van der Waals surface area contributed by atoms with Crippen LogP contribution in [0.15, 0.2) is 6.07 Å². The highest BCUT2D eigenvalue weighted by Crippen LogP contribution is 2.32. The van der Waals surface area contributed by atoms with Crippen molar-refractivity contribution < 1.29 is 9.90 Å². The summed E-state index contributed by atoms with van der Waals surface area (Å²) < 4.78 is 2.32. The van der Waals surface area contributed by atoms with Crippen LogP contribution in [-0.4, -0.2) is 64.2 Å². The molecule has 1 aromatic heterocycles. The average Bonchev–Trinajstić information content (AvgIpc) is 3.36. The Balaban J connectivity index is 1.61. The minimum atomic E-state index is -0.256. The van der Waals surface area contributed by atoms with Crippen LogP contribution in [0.25, 0.3) is 0 Å². The topological polar surface area (TPSA) is 48.7 Å². The Morgan fingerprint density at radius 3 is 2.50 bits per heavy atom. The molecule has 1 aliphatic carbocycles. The first-order chi connectivity index (χ1) is 11.5. The summed E-state index contributed by atoms with van der Waals surface area (Å²) >= 11 is 0. The SMILES string of the molecule is CC[C@H](O)CN1CCN(C(=O)c2cc(C)n(CC3CC3)c2C)CC1. The van der Waals surface area contributed by atoms with E-state index in [2.05, 4.69) is 29.4 Å². The zero-order valence-corrected chi connectivity index (χ0v) is 15.3. The maximum Gasteiger partial charge on any atom is 0.255 e. The zero-order valence-electron chi connectivity index (χ0n) is 15.3. The molecule has 1 aromatic rings. The van der Waals surface area contributed by atoms with Crippen LogP contribution in [-0.2, 0) is 6.54 Å². The highest BCUT2D eigenvalue weighted by Gasteiger charge is 2.28. The van der Waals surface area contributed by atoms with Crippen molar-refractivity contribution in [3.05, 3.63) is 23.0 Å². The van der Waals surface area contributed by atoms with Crippen LogP contribution in [0.1, 0.15) is 47.9 Å². The molecule has 0 unspecified atom stereocenters. The number of hydrogen-bond acceptors (Lipinski definition) is 3. The molecule has 134 valence electrons. The number of rotatable bonds is 6. The molecule has 2 fully saturated rings. The summed E-state index contributed by atoms with van der Waals surface area (Å²) in [7, 11) is 0. The summed E-state index contributed by atoms with van der Waals surface area (Å²) in [6.45, 7) is 11.2. The second kappa shape index (κ2) is 7.28. The maximum absolute atomic E-state index is 12.9. The third kappa shape index (κ3) is 3.83. The molecule has 24 heavy (non-hydrogen) atoms. The van der Waals surface area contributed by atoms with Crippen LogP contribution in [0.2, 0.25) is 0 Å². The fraction of sp³-hybridized carbons (Fsp3) is 0.737. The van der Waals surface area contributed by atoms with Gasteiger partial charge in [-0.1, -0.05) is 6.92 Å². The molecule has 5 heteroatoms. The quantitative estimate of drug-likeness (QED) is 0.867. The lowest BCUT2D eigenvalue weighted by Gasteiger charge is -2.35. The molecule has 1 amide bonds. The zero-order chi connectivity index (χ0) is 17.3. The lowest BCUT2D eigenvalue weighted by atomic mass is 10.2. The number of aryl methyl sites for hydroxylation is 1. The first-order valence-corrected chi connectivity index (χ1v) is 9.36. The van der Waals surface area contributed by atoms with E-state index >= 15 is 0 Å². The highest BCUT2D eigenvalue weighted by atomic mass is 16.3. The van der Waals surface area contributed by atoms with Gasteiger partial charge in [-0.2, -0.15) is 0 Å². The monoisotopic (exact) mass is 333 g/mol. The van der Waals surface area contributed by atoms with Gasteiger partial charge in [0.05, 0.1) is 11.7 Å². The van der Waals surface area contributed by atoms with E-state index in [0.29, 0.717) is 6.54 Å². The third-order valence-corrected chi connectivity index (χ3v) is 5.54. The number of β-amino-alcohol motifs (C(OH)–C–C–N with tert-alkyl or cyclic N) is 1. The van der Waals surface area contributed by atoms with E-state index in [1.165, 1.54) is 18.5 Å². The molecule has 5 nitrogen and oxygen atoms in total. The number of piperazine rings is 1. The molecule has 1 aliphatic heterocycles. The molecule has 0 spiro atoms. The van der Waals surface area contributed by atoms with E-state index in [-0.39, 0.29) is 12.0 Å². The molecular weight excluding hydrogens is 302 g/mol. The number of amides is 1. The van der Waals surface area contributed by atoms with E-state index in [1.54, 1.807) is 0 Å². The Kier molecular flexibility index (Phi) is 5.30. The van der Waals surface area contributed by atoms with Gasteiger partial charge in [-0.15, -0.1) is 0 Å². The largest absolute Gasteiger partial charge is 0.392 e. The number of aliphatic hydroxyl groups excluding tert-OH is 1. The average molecular weight is 333 g/mol. The Bertz CT molecular complexity index is 584. The molecule has 1 saturated heterocycles. The maximum atomic E-state index is 12.9. The number of aliphatic hydroxyl groups is 1. The molecule has 0 radical (unpaired) electrons. The summed E-state index contributed by atoms with van der Waals surface area (Å²) in [5.41, 5.74) is 3.19. The van der Waals surface area contributed by atoms with Gasteiger partial charge in [-0.05, 0) is 45.1 Å². The van der Waals surface area contributed by atoms with Crippen LogP contribution in [0.4, 0.5) is 0 Å². The van der Waals surface area contributed by atoms with E-state index in [4.69, 9.17) is 0 Å². The van der Waals surface area contributed by atoms with E-state index in [9.17, 15) is 9.90 Å². The molecule has 2 heterocycles. The molecule has 2 aliphatic rings. The highest BCUT2D eigenvalue weighted by molar-refractivity contribution is 5.95. The predicted octanol–water partition coefficient (Wildman–Crippen LogP) is 2.04. The third-order valence-electron chi connectivity index (χ3n) is 5.54. The minimum Gasteiger partial charge on any atom is -0.392 e. The van der Waals surface area contributed by atoms with E-state index in [1.807, 2.05) is 11.8 Å². The van der Waals surface area contributed by atoms with Crippen LogP contribution in [0, 0.1) is 19.8 Å². The fourth-order valence-corrected chi connectivity index (χ4v) is 3.59. The van der Waals surface area contributed by atoms with Crippen molar-refractivity contribution in [3.8, 4) is 0 Å². The molecular formula is C19H31N3O2. The van der Waals surface area contributed by atoms with Gasteiger partial charge in [0.15, 0.2) is 0 Å². The summed E-state index contributed by atoms with van der Waals surface area (Å²) in [6.07, 6.45) is 3.18. The van der Waals surface area contributed by atoms with Crippen LogP contribution >= 0.6 is 0 Å². The van der Waals surface area contributed by atoms with Gasteiger partial charge >= 0.3 is 0 Å². The minimum absolute atomic E-state index is 0.167. The number of hydrogen-bond donors (Lipinski definition) is 1. The Labute approximate surface area is 145 Å². The van der Waals surface area contributed by atoms with Crippen molar-refractivity contribution in [1.29, 1.82) is 0 Å². The van der Waals surface area contributed by atoms with Crippen molar-refractivity contribution in [3.63, 3.8) is 0 Å². The van der Waals surface area contributed by atoms with Gasteiger partial charge in [-0.3, -0.25) is 9.69 Å². The van der Waals surface area contributed by atoms with Crippen molar-refractivity contribution in [1.82, 2.24) is 14.4 Å². The number of nitrogens with zero attached hydrogens (tertiary/aromatic N) is 3. The van der Waals surface area contributed by atoms with Crippen molar-refractivity contribution in [2.45, 2.75) is 52.7 Å². The molecule has 0 bridgehead atoms. The number of aromatic nitrogens is 1. The Morgan fingerprint density at radius 1 is 1.25 bits per heavy atom. The van der Waals surface area contributed by atoms with Crippen LogP contribution < -0.4 is 0 Å². The summed E-state index contributed by atoms with van der Waals surface area (Å²) in [5, 5.41) is 9.78. The summed E-state index contributed by atoms with van der Waals surface area (Å²) in [6, 6.07) is 2.06. The Hall–Kier alpha value is -1.33. The van der Waals surface area contributed by atoms with E-state index < -0.39 is 0 Å². The fourth-order valence-electron chi connectivity index (χ4n) is 3.59. The normalized spacial score (nSPS) is 20.4. The van der Waals surface area contributed by atoms with Crippen LogP contribution in [0.5, 0.6) is 0 Å². The Morgan fingerprint density at radius 2 is 1.92 bits per heavy atom. The van der Waals surface area contributed by atoms with Gasteiger partial charge in [-0.25, -0.2) is 0 Å². The molecule has 1 N–H and O–H groups in total. The first kappa shape index (κ1) is 17.5. The number of carbonyl (C=O) groups is 1. The molecule has 1 saturated carbocycles. The lowest BCUT2D eigenvalue weighted by molar-refractivity contribution is 0.0523. The van der Waals surface area contributed by atoms with Gasteiger partial charge in [0.25, 0.3) is 5.91 Å². The molecule has 3 rings (SSSR count). The molecule has 1 atom stereocenters. The standard InChI is InChI=1S/C19H31N3O2/c1-4-17(23)13-20-7-9-21(10-8-20)19(24)18-11-14(2)22(15(18)3)12-16-5-6-16/h11,16-17,23H,4-10,12-13H2,1-3H3/t17-/m0/s1. The van der Waals surface area contributed by atoms with Crippen molar-refractivity contribution in [2.24, 2.45) is 5.92 Å². The molecule has 0 aromatic carbocycles. The van der Waals surface area contributed by atoms with Crippen molar-refractivity contribution >= 4 is 5.91 Å². The summed E-state index contributed by atoms with van der Waals surface area (Å²) in [5.74, 6) is 0.979.